The highest BCUT2D eigenvalue weighted by Gasteiger charge is 2.19. The normalized spacial score (nSPS) is 11.8. The first-order chi connectivity index (χ1) is 19.1. The Kier molecular flexibility index (Phi) is 5.66. The van der Waals surface area contributed by atoms with Crippen LogP contribution in [0.1, 0.15) is 33.4 Å². The summed E-state index contributed by atoms with van der Waals surface area (Å²) >= 11 is 0. The average molecular weight is 508 g/mol. The van der Waals surface area contributed by atoms with Gasteiger partial charge in [-0.2, -0.15) is 0 Å². The Labute approximate surface area is 229 Å². The Morgan fingerprint density at radius 3 is 0.974 bits per heavy atom. The molecule has 4 aromatic carbocycles. The molecular formula is C36H33N3. The van der Waals surface area contributed by atoms with Gasteiger partial charge in [0.2, 0.25) is 0 Å². The van der Waals surface area contributed by atoms with Gasteiger partial charge in [0.05, 0.1) is 0 Å². The van der Waals surface area contributed by atoms with Crippen molar-refractivity contribution in [2.45, 2.75) is 40.4 Å². The second kappa shape index (κ2) is 9.36. The van der Waals surface area contributed by atoms with Crippen molar-refractivity contribution >= 4 is 32.7 Å². The molecule has 0 N–H and O–H groups in total. The molecule has 0 saturated heterocycles. The SMILES string of the molecule is Cc1c(Cn2ccc3ccccc32)c(C)c(Cn2ccc3ccccc32)c(C)c1Cn1ccc2ccccc21. The van der Waals surface area contributed by atoms with E-state index in [1.807, 2.05) is 0 Å². The van der Waals surface area contributed by atoms with Crippen LogP contribution < -0.4 is 0 Å². The molecule has 0 aliphatic heterocycles. The third-order valence-electron chi connectivity index (χ3n) is 8.74. The predicted octanol–water partition coefficient (Wildman–Crippen LogP) is 8.62. The summed E-state index contributed by atoms with van der Waals surface area (Å²) in [4.78, 5) is 0. The van der Waals surface area contributed by atoms with Gasteiger partial charge in [0.15, 0.2) is 0 Å². The predicted molar refractivity (Wildman–Crippen MR) is 164 cm³/mol. The smallest absolute Gasteiger partial charge is 0.0483 e. The summed E-state index contributed by atoms with van der Waals surface area (Å²) in [6.45, 7) is 9.59. The van der Waals surface area contributed by atoms with Gasteiger partial charge in [-0.05, 0) is 107 Å². The van der Waals surface area contributed by atoms with Crippen LogP contribution in [0.3, 0.4) is 0 Å². The van der Waals surface area contributed by atoms with Crippen LogP contribution in [0, 0.1) is 20.8 Å². The van der Waals surface area contributed by atoms with Crippen molar-refractivity contribution in [1.29, 1.82) is 0 Å². The van der Waals surface area contributed by atoms with Crippen LogP contribution in [0.5, 0.6) is 0 Å². The first-order valence-corrected chi connectivity index (χ1v) is 13.8. The maximum atomic E-state index is 2.41. The maximum Gasteiger partial charge on any atom is 0.0483 e. The minimum absolute atomic E-state index is 0.865. The molecule has 39 heavy (non-hydrogen) atoms. The van der Waals surface area contributed by atoms with Gasteiger partial charge in [0.25, 0.3) is 0 Å². The van der Waals surface area contributed by atoms with Gasteiger partial charge in [-0.3, -0.25) is 0 Å². The van der Waals surface area contributed by atoms with Gasteiger partial charge in [-0.15, -0.1) is 0 Å². The van der Waals surface area contributed by atoms with Crippen LogP contribution in [0.4, 0.5) is 0 Å². The number of nitrogens with zero attached hydrogens (tertiary/aromatic N) is 3. The summed E-state index contributed by atoms with van der Waals surface area (Å²) in [7, 11) is 0. The molecule has 3 heterocycles. The molecule has 3 heteroatoms. The minimum Gasteiger partial charge on any atom is -0.343 e. The van der Waals surface area contributed by atoms with E-state index in [9.17, 15) is 0 Å². The van der Waals surface area contributed by atoms with E-state index in [0.717, 1.165) is 19.6 Å². The molecule has 0 unspecified atom stereocenters. The van der Waals surface area contributed by atoms with Gasteiger partial charge in [-0.1, -0.05) is 54.6 Å². The Morgan fingerprint density at radius 2 is 0.667 bits per heavy atom. The Morgan fingerprint density at radius 1 is 0.385 bits per heavy atom. The Bertz CT molecular complexity index is 1730. The molecular weight excluding hydrogens is 474 g/mol. The molecule has 0 fully saturated rings. The number of hydrogen-bond donors (Lipinski definition) is 0. The number of benzene rings is 4. The fourth-order valence-corrected chi connectivity index (χ4v) is 6.45. The average Bonchev–Trinajstić information content (AvgIpc) is 3.69. The number of aromatic nitrogens is 3. The van der Waals surface area contributed by atoms with Crippen LogP contribution in [0.25, 0.3) is 32.7 Å². The number of para-hydroxylation sites is 3. The summed E-state index contributed by atoms with van der Waals surface area (Å²) < 4.78 is 7.22. The summed E-state index contributed by atoms with van der Waals surface area (Å²) in [5, 5.41) is 3.87. The first kappa shape index (κ1) is 23.6. The molecule has 0 amide bonds. The topological polar surface area (TPSA) is 14.8 Å². The second-order valence-electron chi connectivity index (χ2n) is 10.8. The van der Waals surface area contributed by atoms with Crippen LogP contribution >= 0.6 is 0 Å². The van der Waals surface area contributed by atoms with E-state index in [4.69, 9.17) is 0 Å². The summed E-state index contributed by atoms with van der Waals surface area (Å²) in [5.74, 6) is 0. The fraction of sp³-hybridized carbons (Fsp3) is 0.167. The molecule has 3 nitrogen and oxygen atoms in total. The van der Waals surface area contributed by atoms with Crippen LogP contribution in [0.2, 0.25) is 0 Å². The first-order valence-electron chi connectivity index (χ1n) is 13.8. The molecule has 3 aromatic heterocycles. The molecule has 0 radical (unpaired) electrons. The Balaban J connectivity index is 1.39. The summed E-state index contributed by atoms with van der Waals surface area (Å²) in [5.41, 5.74) is 12.4. The largest absolute Gasteiger partial charge is 0.343 e. The van der Waals surface area contributed by atoms with Crippen molar-refractivity contribution < 1.29 is 0 Å². The molecule has 7 rings (SSSR count). The van der Waals surface area contributed by atoms with E-state index in [1.165, 1.54) is 66.1 Å². The lowest BCUT2D eigenvalue weighted by atomic mass is 9.87. The number of fused-ring (bicyclic) bond motifs is 3. The zero-order chi connectivity index (χ0) is 26.5. The van der Waals surface area contributed by atoms with E-state index < -0.39 is 0 Å². The molecule has 192 valence electrons. The molecule has 0 aliphatic carbocycles. The van der Waals surface area contributed by atoms with Gasteiger partial charge in [0.1, 0.15) is 0 Å². The maximum absolute atomic E-state index is 2.41. The molecule has 0 spiro atoms. The third kappa shape index (κ3) is 3.97. The lowest BCUT2D eigenvalue weighted by molar-refractivity contribution is 0.766. The van der Waals surface area contributed by atoms with Crippen LogP contribution in [-0.2, 0) is 19.6 Å². The van der Waals surface area contributed by atoms with Gasteiger partial charge in [0, 0.05) is 54.8 Å². The van der Waals surface area contributed by atoms with E-state index in [1.54, 1.807) is 0 Å². The van der Waals surface area contributed by atoms with Gasteiger partial charge < -0.3 is 13.7 Å². The van der Waals surface area contributed by atoms with Crippen molar-refractivity contribution in [3.05, 3.63) is 143 Å². The van der Waals surface area contributed by atoms with Crippen molar-refractivity contribution in [2.75, 3.05) is 0 Å². The second-order valence-corrected chi connectivity index (χ2v) is 10.8. The highest BCUT2D eigenvalue weighted by Crippen LogP contribution is 2.32. The van der Waals surface area contributed by atoms with Gasteiger partial charge in [-0.25, -0.2) is 0 Å². The minimum atomic E-state index is 0.865. The molecule has 7 aromatic rings. The van der Waals surface area contributed by atoms with Crippen LogP contribution in [0.15, 0.2) is 110 Å². The highest BCUT2D eigenvalue weighted by molar-refractivity contribution is 5.81. The summed E-state index contributed by atoms with van der Waals surface area (Å²) in [6.07, 6.45) is 6.71. The third-order valence-corrected chi connectivity index (χ3v) is 8.74. The number of rotatable bonds is 6. The van der Waals surface area contributed by atoms with Crippen LogP contribution in [-0.4, -0.2) is 13.7 Å². The molecule has 0 saturated carbocycles. The lowest BCUT2D eigenvalue weighted by Gasteiger charge is -2.24. The molecule has 0 atom stereocenters. The van der Waals surface area contributed by atoms with E-state index in [0.29, 0.717) is 0 Å². The van der Waals surface area contributed by atoms with Crippen molar-refractivity contribution in [2.24, 2.45) is 0 Å². The zero-order valence-corrected chi connectivity index (χ0v) is 22.9. The van der Waals surface area contributed by atoms with Crippen molar-refractivity contribution in [3.8, 4) is 0 Å². The number of hydrogen-bond acceptors (Lipinski definition) is 0. The fourth-order valence-electron chi connectivity index (χ4n) is 6.45. The molecule has 0 aliphatic rings. The summed E-state index contributed by atoms with van der Waals surface area (Å²) in [6, 6.07) is 32.8. The van der Waals surface area contributed by atoms with E-state index in [-0.39, 0.29) is 0 Å². The van der Waals surface area contributed by atoms with E-state index in [2.05, 4.69) is 144 Å². The monoisotopic (exact) mass is 507 g/mol. The standard InChI is InChI=1S/C36H33N3/c1-25-31(22-37-19-16-28-10-4-7-13-34(28)37)26(2)33(24-39-21-18-30-12-6-9-15-36(30)39)27(3)32(25)23-38-20-17-29-11-5-8-14-35(29)38/h4-21H,22-24H2,1-3H3. The van der Waals surface area contributed by atoms with E-state index >= 15 is 0 Å². The highest BCUT2D eigenvalue weighted by atomic mass is 15.0. The molecule has 0 bridgehead atoms. The van der Waals surface area contributed by atoms with Gasteiger partial charge >= 0.3 is 0 Å². The quantitative estimate of drug-likeness (QED) is 0.214. The lowest BCUT2D eigenvalue weighted by Crippen LogP contribution is -2.14. The Hall–Kier alpha value is -4.50. The zero-order valence-electron chi connectivity index (χ0n) is 22.9. The van der Waals surface area contributed by atoms with Crippen molar-refractivity contribution in [1.82, 2.24) is 13.7 Å². The van der Waals surface area contributed by atoms with Crippen molar-refractivity contribution in [3.63, 3.8) is 0 Å².